The van der Waals surface area contributed by atoms with Gasteiger partial charge in [0, 0.05) is 24.1 Å². The molecule has 0 aliphatic heterocycles. The van der Waals surface area contributed by atoms with Crippen LogP contribution in [0.25, 0.3) is 11.1 Å². The normalized spacial score (nSPS) is 17.8. The van der Waals surface area contributed by atoms with E-state index in [1.54, 1.807) is 18.2 Å². The lowest BCUT2D eigenvalue weighted by Crippen LogP contribution is -2.33. The van der Waals surface area contributed by atoms with Crippen LogP contribution in [0.5, 0.6) is 0 Å². The number of fused-ring (bicyclic) bond motifs is 1. The third-order valence-electron chi connectivity index (χ3n) is 5.03. The second-order valence-corrected chi connectivity index (χ2v) is 6.81. The molecule has 28 heavy (non-hydrogen) atoms. The first-order valence-corrected chi connectivity index (χ1v) is 8.94. The van der Waals surface area contributed by atoms with Gasteiger partial charge in [0.25, 0.3) is 11.6 Å². The van der Waals surface area contributed by atoms with Gasteiger partial charge in [-0.15, -0.1) is 0 Å². The van der Waals surface area contributed by atoms with Crippen LogP contribution in [0.4, 0.5) is 5.69 Å². The smallest absolute Gasteiger partial charge is 0.269 e. The molecule has 0 heterocycles. The highest BCUT2D eigenvalue weighted by atomic mass is 16.6. The highest BCUT2D eigenvalue weighted by Gasteiger charge is 2.33. The molecule has 2 atom stereocenters. The highest BCUT2D eigenvalue weighted by Crippen LogP contribution is 2.34. The van der Waals surface area contributed by atoms with Crippen LogP contribution >= 0.6 is 0 Å². The van der Waals surface area contributed by atoms with E-state index in [-0.39, 0.29) is 11.6 Å². The Morgan fingerprint density at radius 1 is 1.00 bits per heavy atom. The van der Waals surface area contributed by atoms with Crippen LogP contribution in [0.1, 0.15) is 27.5 Å². The Kier molecular flexibility index (Phi) is 4.63. The number of nitro benzene ring substituents is 1. The molecular formula is C22H18N2O4. The lowest BCUT2D eigenvalue weighted by molar-refractivity contribution is -0.384. The summed E-state index contributed by atoms with van der Waals surface area (Å²) in [7, 11) is 0. The molecule has 0 saturated carbocycles. The number of nitrogens with zero attached hydrogens (tertiary/aromatic N) is 1. The topological polar surface area (TPSA) is 92.5 Å². The number of carbonyl (C=O) groups excluding carboxylic acids is 1. The Balaban J connectivity index is 1.54. The van der Waals surface area contributed by atoms with Gasteiger partial charge in [-0.3, -0.25) is 14.9 Å². The van der Waals surface area contributed by atoms with E-state index >= 15 is 0 Å². The molecule has 0 aromatic heterocycles. The maximum Gasteiger partial charge on any atom is 0.269 e. The Morgan fingerprint density at radius 2 is 1.68 bits per heavy atom. The lowest BCUT2D eigenvalue weighted by atomic mass is 10.0. The first-order chi connectivity index (χ1) is 13.5. The van der Waals surface area contributed by atoms with E-state index in [0.29, 0.717) is 17.5 Å². The first kappa shape index (κ1) is 17.9. The van der Waals surface area contributed by atoms with Crippen LogP contribution in [0, 0.1) is 10.1 Å². The number of nitro groups is 1. The van der Waals surface area contributed by atoms with E-state index in [2.05, 4.69) is 5.32 Å². The van der Waals surface area contributed by atoms with Crippen LogP contribution in [0.2, 0.25) is 0 Å². The fourth-order valence-electron chi connectivity index (χ4n) is 3.56. The van der Waals surface area contributed by atoms with Crippen molar-refractivity contribution >= 4 is 11.6 Å². The van der Waals surface area contributed by atoms with Crippen LogP contribution < -0.4 is 5.32 Å². The number of hydrogen-bond donors (Lipinski definition) is 2. The zero-order valence-electron chi connectivity index (χ0n) is 14.9. The lowest BCUT2D eigenvalue weighted by Gasteiger charge is -2.18. The van der Waals surface area contributed by atoms with E-state index in [1.807, 2.05) is 42.5 Å². The third-order valence-corrected chi connectivity index (χ3v) is 5.03. The molecule has 0 spiro atoms. The van der Waals surface area contributed by atoms with Crippen LogP contribution in [-0.2, 0) is 6.42 Å². The molecule has 1 amide bonds. The van der Waals surface area contributed by atoms with Crippen molar-refractivity contribution in [2.24, 2.45) is 0 Å². The van der Waals surface area contributed by atoms with Crippen LogP contribution in [0.3, 0.4) is 0 Å². The molecule has 6 nitrogen and oxygen atoms in total. The maximum absolute atomic E-state index is 12.7. The Bertz CT molecular complexity index is 1030. The van der Waals surface area contributed by atoms with Gasteiger partial charge < -0.3 is 10.4 Å². The predicted octanol–water partition coefficient (Wildman–Crippen LogP) is 3.65. The maximum atomic E-state index is 12.7. The van der Waals surface area contributed by atoms with E-state index in [9.17, 15) is 20.0 Å². The number of aliphatic hydroxyl groups is 1. The standard InChI is InChI=1S/C22H18N2O4/c25-20-12-17-10-11-18(24(27)28)13-19(17)21(20)23-22(26)16-8-6-15(7-9-16)14-4-2-1-3-5-14/h1-11,13,20-21,25H,12H2,(H,23,26)/t20-,21-/m1/s1. The minimum absolute atomic E-state index is 0.0562. The number of aliphatic hydroxyl groups excluding tert-OH is 1. The molecule has 1 aliphatic carbocycles. The molecule has 3 aromatic rings. The zero-order valence-corrected chi connectivity index (χ0v) is 14.9. The van der Waals surface area contributed by atoms with Crippen molar-refractivity contribution in [3.8, 4) is 11.1 Å². The van der Waals surface area contributed by atoms with Crippen LogP contribution in [0.15, 0.2) is 72.8 Å². The first-order valence-electron chi connectivity index (χ1n) is 8.94. The molecule has 4 rings (SSSR count). The Hall–Kier alpha value is -3.51. The molecular weight excluding hydrogens is 356 g/mol. The van der Waals surface area contributed by atoms with Gasteiger partial charge in [-0.25, -0.2) is 0 Å². The van der Waals surface area contributed by atoms with Crippen molar-refractivity contribution < 1.29 is 14.8 Å². The number of amides is 1. The fourth-order valence-corrected chi connectivity index (χ4v) is 3.56. The number of rotatable bonds is 4. The molecule has 0 unspecified atom stereocenters. The van der Waals surface area contributed by atoms with E-state index in [0.717, 1.165) is 16.7 Å². The van der Waals surface area contributed by atoms with Gasteiger partial charge in [0.15, 0.2) is 0 Å². The van der Waals surface area contributed by atoms with Crippen molar-refractivity contribution in [3.63, 3.8) is 0 Å². The molecule has 0 bridgehead atoms. The second-order valence-electron chi connectivity index (χ2n) is 6.81. The van der Waals surface area contributed by atoms with Gasteiger partial charge in [-0.1, -0.05) is 48.5 Å². The quantitative estimate of drug-likeness (QED) is 0.538. The average Bonchev–Trinajstić information content (AvgIpc) is 3.03. The second kappa shape index (κ2) is 7.25. The summed E-state index contributed by atoms with van der Waals surface area (Å²) in [6.45, 7) is 0. The van der Waals surface area contributed by atoms with Crippen LogP contribution in [-0.4, -0.2) is 22.0 Å². The molecule has 0 radical (unpaired) electrons. The molecule has 2 N–H and O–H groups in total. The minimum atomic E-state index is -0.815. The summed E-state index contributed by atoms with van der Waals surface area (Å²) in [4.78, 5) is 23.2. The van der Waals surface area contributed by atoms with Gasteiger partial charge in [0.1, 0.15) is 0 Å². The molecule has 6 heteroatoms. The van der Waals surface area contributed by atoms with Gasteiger partial charge in [-0.05, 0) is 34.4 Å². The summed E-state index contributed by atoms with van der Waals surface area (Å²) in [6.07, 6.45) is -0.463. The number of hydrogen-bond acceptors (Lipinski definition) is 4. The summed E-state index contributed by atoms with van der Waals surface area (Å²) < 4.78 is 0. The summed E-state index contributed by atoms with van der Waals surface area (Å²) in [5.74, 6) is -0.331. The third kappa shape index (κ3) is 3.37. The highest BCUT2D eigenvalue weighted by molar-refractivity contribution is 5.95. The summed E-state index contributed by atoms with van der Waals surface area (Å²) in [6, 6.07) is 20.8. The Morgan fingerprint density at radius 3 is 2.36 bits per heavy atom. The van der Waals surface area contributed by atoms with Crippen molar-refractivity contribution in [3.05, 3.63) is 99.6 Å². The average molecular weight is 374 g/mol. The van der Waals surface area contributed by atoms with Crippen molar-refractivity contribution in [2.75, 3.05) is 0 Å². The molecule has 0 saturated heterocycles. The van der Waals surface area contributed by atoms with E-state index in [4.69, 9.17) is 0 Å². The number of carbonyl (C=O) groups is 1. The molecule has 0 fully saturated rings. The summed E-state index contributed by atoms with van der Waals surface area (Å²) >= 11 is 0. The molecule has 1 aliphatic rings. The number of nitrogens with one attached hydrogen (secondary N) is 1. The number of benzene rings is 3. The zero-order chi connectivity index (χ0) is 19.7. The number of non-ortho nitro benzene ring substituents is 1. The summed E-state index contributed by atoms with van der Waals surface area (Å²) in [5.41, 5.74) is 3.87. The van der Waals surface area contributed by atoms with Gasteiger partial charge >= 0.3 is 0 Å². The van der Waals surface area contributed by atoms with Gasteiger partial charge in [0.2, 0.25) is 0 Å². The SMILES string of the molecule is O=C(N[C@@H]1c2cc([N+](=O)[O-])ccc2C[C@H]1O)c1ccc(-c2ccccc2)cc1. The Labute approximate surface area is 161 Å². The van der Waals surface area contributed by atoms with Gasteiger partial charge in [0.05, 0.1) is 17.1 Å². The van der Waals surface area contributed by atoms with Crippen molar-refractivity contribution in [1.29, 1.82) is 0 Å². The van der Waals surface area contributed by atoms with Crippen molar-refractivity contribution in [2.45, 2.75) is 18.6 Å². The monoisotopic (exact) mass is 374 g/mol. The molecule has 140 valence electrons. The predicted molar refractivity (Wildman–Crippen MR) is 105 cm³/mol. The fraction of sp³-hybridized carbons (Fsp3) is 0.136. The minimum Gasteiger partial charge on any atom is -0.390 e. The van der Waals surface area contributed by atoms with Crippen molar-refractivity contribution in [1.82, 2.24) is 5.32 Å². The molecule has 3 aromatic carbocycles. The van der Waals surface area contributed by atoms with Gasteiger partial charge in [-0.2, -0.15) is 0 Å². The van der Waals surface area contributed by atoms with E-state index < -0.39 is 17.1 Å². The largest absolute Gasteiger partial charge is 0.390 e. The van der Waals surface area contributed by atoms with E-state index in [1.165, 1.54) is 12.1 Å². The summed E-state index contributed by atoms with van der Waals surface area (Å²) in [5, 5.41) is 24.2.